The molecule has 0 atom stereocenters. The summed E-state index contributed by atoms with van der Waals surface area (Å²) in [7, 11) is 0. The van der Waals surface area contributed by atoms with Crippen LogP contribution in [0.15, 0.2) is 66.3 Å². The normalized spacial score (nSPS) is 10.9. The van der Waals surface area contributed by atoms with Gasteiger partial charge in [-0.15, -0.1) is 0 Å². The molecular formula is C23H30O6. The van der Waals surface area contributed by atoms with Crippen molar-refractivity contribution in [3.05, 3.63) is 71.8 Å². The van der Waals surface area contributed by atoms with Gasteiger partial charge in [0, 0.05) is 16.7 Å². The summed E-state index contributed by atoms with van der Waals surface area (Å²) in [5.74, 6) is -1.84. The van der Waals surface area contributed by atoms with Crippen molar-refractivity contribution in [1.29, 1.82) is 0 Å². The number of carbonyl (C=O) groups excluding carboxylic acids is 2. The lowest BCUT2D eigenvalue weighted by atomic mass is 10.1. The molecule has 6 heteroatoms. The number of carbonyl (C=O) groups is 3. The van der Waals surface area contributed by atoms with E-state index in [9.17, 15) is 14.4 Å². The highest BCUT2D eigenvalue weighted by Crippen LogP contribution is 2.13. The maximum atomic E-state index is 11.4. The molecule has 0 heterocycles. The molecule has 1 rings (SSSR count). The van der Waals surface area contributed by atoms with Crippen LogP contribution >= 0.6 is 0 Å². The SMILES string of the molecule is C=C(C)C(=O)OCc1ccccc1.C=C(CC=C(C)C(=O)O)C(=O)OC(C)(C)C. The van der Waals surface area contributed by atoms with Gasteiger partial charge >= 0.3 is 17.9 Å². The van der Waals surface area contributed by atoms with Crippen molar-refractivity contribution in [3.63, 3.8) is 0 Å². The first kappa shape index (κ1) is 25.9. The van der Waals surface area contributed by atoms with Crippen molar-refractivity contribution in [2.75, 3.05) is 0 Å². The first-order valence-electron chi connectivity index (χ1n) is 9.01. The van der Waals surface area contributed by atoms with Crippen molar-refractivity contribution in [3.8, 4) is 0 Å². The lowest BCUT2D eigenvalue weighted by molar-refractivity contribution is -0.150. The fourth-order valence-electron chi connectivity index (χ4n) is 1.64. The van der Waals surface area contributed by atoms with E-state index in [1.54, 1.807) is 27.7 Å². The van der Waals surface area contributed by atoms with E-state index < -0.39 is 17.5 Å². The zero-order valence-electron chi connectivity index (χ0n) is 17.8. The van der Waals surface area contributed by atoms with Gasteiger partial charge in [0.15, 0.2) is 0 Å². The highest BCUT2D eigenvalue weighted by Gasteiger charge is 2.18. The number of carboxylic acids is 1. The molecule has 0 fully saturated rings. The Kier molecular flexibility index (Phi) is 11.0. The second-order valence-corrected chi connectivity index (χ2v) is 7.34. The molecule has 0 saturated heterocycles. The van der Waals surface area contributed by atoms with Crippen LogP contribution in [-0.4, -0.2) is 28.6 Å². The van der Waals surface area contributed by atoms with Crippen LogP contribution in [0.1, 0.15) is 46.6 Å². The van der Waals surface area contributed by atoms with Crippen LogP contribution in [-0.2, 0) is 30.5 Å². The second-order valence-electron chi connectivity index (χ2n) is 7.34. The summed E-state index contributed by atoms with van der Waals surface area (Å²) in [6.07, 6.45) is 1.63. The van der Waals surface area contributed by atoms with E-state index >= 15 is 0 Å². The predicted octanol–water partition coefficient (Wildman–Crippen LogP) is 4.61. The zero-order chi connectivity index (χ0) is 22.6. The summed E-state index contributed by atoms with van der Waals surface area (Å²) in [5.41, 5.74) is 1.28. The first-order chi connectivity index (χ1) is 13.3. The fraction of sp³-hybridized carbons (Fsp3) is 0.348. The Bertz CT molecular complexity index is 766. The van der Waals surface area contributed by atoms with Crippen LogP contribution in [0.4, 0.5) is 0 Å². The number of aliphatic carboxylic acids is 1. The molecule has 0 aliphatic carbocycles. The van der Waals surface area contributed by atoms with Gasteiger partial charge in [-0.25, -0.2) is 14.4 Å². The van der Waals surface area contributed by atoms with Crippen molar-refractivity contribution in [1.82, 2.24) is 0 Å². The smallest absolute Gasteiger partial charge is 0.334 e. The van der Waals surface area contributed by atoms with Gasteiger partial charge in [0.1, 0.15) is 12.2 Å². The van der Waals surface area contributed by atoms with Crippen molar-refractivity contribution in [2.24, 2.45) is 0 Å². The maximum Gasteiger partial charge on any atom is 0.334 e. The molecule has 0 radical (unpaired) electrons. The summed E-state index contributed by atoms with van der Waals surface area (Å²) in [6.45, 7) is 15.7. The number of benzene rings is 1. The Morgan fingerprint density at radius 2 is 1.59 bits per heavy atom. The minimum Gasteiger partial charge on any atom is -0.478 e. The summed E-state index contributed by atoms with van der Waals surface area (Å²) in [5, 5.41) is 8.61. The molecule has 1 N–H and O–H groups in total. The molecule has 6 nitrogen and oxygen atoms in total. The maximum absolute atomic E-state index is 11.4. The molecular weight excluding hydrogens is 372 g/mol. The Morgan fingerprint density at radius 3 is 2.03 bits per heavy atom. The lowest BCUT2D eigenvalue weighted by Gasteiger charge is -2.19. The molecule has 0 saturated carbocycles. The van der Waals surface area contributed by atoms with Crippen molar-refractivity contribution in [2.45, 2.75) is 53.2 Å². The van der Waals surface area contributed by atoms with Gasteiger partial charge in [-0.2, -0.15) is 0 Å². The minimum atomic E-state index is -1.00. The van der Waals surface area contributed by atoms with Crippen LogP contribution < -0.4 is 0 Å². The van der Waals surface area contributed by atoms with Gasteiger partial charge in [0.25, 0.3) is 0 Å². The van der Waals surface area contributed by atoms with Crippen LogP contribution in [0.5, 0.6) is 0 Å². The Labute approximate surface area is 172 Å². The highest BCUT2D eigenvalue weighted by atomic mass is 16.6. The number of ether oxygens (including phenoxy) is 2. The average Bonchev–Trinajstić information content (AvgIpc) is 2.63. The van der Waals surface area contributed by atoms with Gasteiger partial charge in [-0.3, -0.25) is 0 Å². The zero-order valence-corrected chi connectivity index (χ0v) is 17.8. The Hall–Kier alpha value is -3.15. The average molecular weight is 402 g/mol. The van der Waals surface area contributed by atoms with Crippen LogP contribution in [0.2, 0.25) is 0 Å². The molecule has 1 aromatic rings. The van der Waals surface area contributed by atoms with E-state index in [2.05, 4.69) is 13.2 Å². The molecule has 0 aromatic heterocycles. The minimum absolute atomic E-state index is 0.185. The molecule has 29 heavy (non-hydrogen) atoms. The number of rotatable bonds is 7. The Balaban J connectivity index is 0.000000551. The van der Waals surface area contributed by atoms with Crippen LogP contribution in [0, 0.1) is 0 Å². The molecule has 0 spiro atoms. The van der Waals surface area contributed by atoms with E-state index in [0.717, 1.165) is 5.56 Å². The third-order valence-electron chi connectivity index (χ3n) is 3.24. The van der Waals surface area contributed by atoms with Crippen LogP contribution in [0.25, 0.3) is 0 Å². The summed E-state index contributed by atoms with van der Waals surface area (Å²) < 4.78 is 10.0. The van der Waals surface area contributed by atoms with E-state index in [0.29, 0.717) is 12.2 Å². The standard InChI is InChI=1S/C12H18O4.C11H12O2/c1-8(10(13)14)6-7-9(2)11(15)16-12(3,4)5;1-9(2)11(12)13-8-10-6-4-3-5-7-10/h6H,2,7H2,1,3-5H3,(H,13,14);3-7H,1,8H2,2H3. The van der Waals surface area contributed by atoms with Gasteiger partial charge < -0.3 is 14.6 Å². The number of hydrogen-bond donors (Lipinski definition) is 1. The lowest BCUT2D eigenvalue weighted by Crippen LogP contribution is -2.24. The molecule has 0 aliphatic heterocycles. The molecule has 0 amide bonds. The van der Waals surface area contributed by atoms with Gasteiger partial charge in [-0.1, -0.05) is 49.6 Å². The first-order valence-corrected chi connectivity index (χ1v) is 9.01. The van der Waals surface area contributed by atoms with Crippen molar-refractivity contribution >= 4 is 17.9 Å². The van der Waals surface area contributed by atoms with E-state index in [-0.39, 0.29) is 23.5 Å². The van der Waals surface area contributed by atoms with Crippen molar-refractivity contribution < 1.29 is 29.0 Å². The predicted molar refractivity (Wildman–Crippen MR) is 112 cm³/mol. The quantitative estimate of drug-likeness (QED) is 0.529. The largest absolute Gasteiger partial charge is 0.478 e. The third-order valence-corrected chi connectivity index (χ3v) is 3.24. The number of allylic oxidation sites excluding steroid dienone is 1. The summed E-state index contributed by atoms with van der Waals surface area (Å²) >= 11 is 0. The molecule has 0 unspecified atom stereocenters. The van der Waals surface area contributed by atoms with Gasteiger partial charge in [-0.05, 0) is 46.6 Å². The van der Waals surface area contributed by atoms with Gasteiger partial charge in [0.2, 0.25) is 0 Å². The van der Waals surface area contributed by atoms with E-state index in [1.165, 1.54) is 13.0 Å². The van der Waals surface area contributed by atoms with Gasteiger partial charge in [0.05, 0.1) is 0 Å². The molecule has 0 aliphatic rings. The molecule has 1 aromatic carbocycles. The molecule has 0 bridgehead atoms. The number of hydrogen-bond acceptors (Lipinski definition) is 5. The van der Waals surface area contributed by atoms with E-state index in [4.69, 9.17) is 14.6 Å². The number of esters is 2. The topological polar surface area (TPSA) is 89.9 Å². The fourth-order valence-corrected chi connectivity index (χ4v) is 1.64. The Morgan fingerprint density at radius 1 is 1.03 bits per heavy atom. The summed E-state index contributed by atoms with van der Waals surface area (Å²) in [4.78, 5) is 32.9. The van der Waals surface area contributed by atoms with Crippen LogP contribution in [0.3, 0.4) is 0 Å². The van der Waals surface area contributed by atoms with E-state index in [1.807, 2.05) is 30.3 Å². The highest BCUT2D eigenvalue weighted by molar-refractivity contribution is 5.89. The molecule has 158 valence electrons. The third kappa shape index (κ3) is 12.8. The second kappa shape index (κ2) is 12.3. The number of carboxylic acid groups (broad SMARTS) is 1. The summed E-state index contributed by atoms with van der Waals surface area (Å²) in [6, 6.07) is 9.55. The monoisotopic (exact) mass is 402 g/mol.